The molecule has 190 valence electrons. The van der Waals surface area contributed by atoms with Crippen LogP contribution in [-0.4, -0.2) is 19.3 Å². The predicted octanol–water partition coefficient (Wildman–Crippen LogP) is 8.31. The van der Waals surface area contributed by atoms with Crippen molar-refractivity contribution in [1.82, 2.24) is 0 Å². The lowest BCUT2D eigenvalue weighted by Gasteiger charge is -2.32. The van der Waals surface area contributed by atoms with E-state index in [1.165, 1.54) is 12.1 Å². The summed E-state index contributed by atoms with van der Waals surface area (Å²) in [5, 5.41) is 0. The summed E-state index contributed by atoms with van der Waals surface area (Å²) in [7, 11) is 1.74. The number of hydrogen-bond acceptors (Lipinski definition) is 2. The van der Waals surface area contributed by atoms with Crippen molar-refractivity contribution >= 4 is 0 Å². The molecule has 2 nitrogen and oxygen atoms in total. The molecule has 2 saturated carbocycles. The Hall–Kier alpha value is -2.41. The fraction of sp³-hybridized carbons (Fsp3) is 0.500. The minimum absolute atomic E-state index is 0.0172. The van der Waals surface area contributed by atoms with Crippen LogP contribution in [0.5, 0.6) is 5.75 Å². The number of rotatable bonds is 7. The highest BCUT2D eigenvalue weighted by Gasteiger charge is 2.44. The fourth-order valence-corrected chi connectivity index (χ4v) is 5.25. The Bertz CT molecular complexity index is 999. The predicted molar refractivity (Wildman–Crippen MR) is 125 cm³/mol. The van der Waals surface area contributed by atoms with Gasteiger partial charge in [0, 0.05) is 19.2 Å². The van der Waals surface area contributed by atoms with Gasteiger partial charge in [-0.1, -0.05) is 24.3 Å². The molecule has 0 spiro atoms. The summed E-state index contributed by atoms with van der Waals surface area (Å²) >= 11 is 0. The van der Waals surface area contributed by atoms with Gasteiger partial charge in [0.05, 0.1) is 17.6 Å². The number of benzene rings is 2. The minimum atomic E-state index is -3.55. The van der Waals surface area contributed by atoms with Gasteiger partial charge in [-0.15, -0.1) is 0 Å². The van der Waals surface area contributed by atoms with E-state index in [-0.39, 0.29) is 24.3 Å². The molecule has 0 aliphatic heterocycles. The van der Waals surface area contributed by atoms with Crippen molar-refractivity contribution in [3.05, 3.63) is 66.0 Å². The summed E-state index contributed by atoms with van der Waals surface area (Å²) in [6.45, 7) is 0. The van der Waals surface area contributed by atoms with Gasteiger partial charge in [-0.3, -0.25) is 0 Å². The van der Waals surface area contributed by atoms with Crippen molar-refractivity contribution in [2.45, 2.75) is 63.6 Å². The molecule has 7 heteroatoms. The summed E-state index contributed by atoms with van der Waals surface area (Å²) < 4.78 is 82.5. The molecular formula is C28H31F5O2. The summed E-state index contributed by atoms with van der Waals surface area (Å²) in [5.41, 5.74) is -0.500. The summed E-state index contributed by atoms with van der Waals surface area (Å²) in [4.78, 5) is 0. The van der Waals surface area contributed by atoms with Crippen LogP contribution in [-0.2, 0) is 4.74 Å². The largest absolute Gasteiger partial charge is 0.432 e. The highest BCUT2D eigenvalue weighted by Crippen LogP contribution is 2.41. The third kappa shape index (κ3) is 6.43. The van der Waals surface area contributed by atoms with E-state index in [2.05, 4.69) is 12.2 Å². The van der Waals surface area contributed by atoms with Crippen LogP contribution in [0.25, 0.3) is 11.1 Å². The minimum Gasteiger partial charge on any atom is -0.432 e. The molecule has 2 aromatic rings. The van der Waals surface area contributed by atoms with Crippen LogP contribution in [0.4, 0.5) is 22.0 Å². The van der Waals surface area contributed by atoms with Crippen LogP contribution in [0, 0.1) is 35.2 Å². The van der Waals surface area contributed by atoms with Gasteiger partial charge in [-0.05, 0) is 80.9 Å². The van der Waals surface area contributed by atoms with Gasteiger partial charge >= 0.3 is 6.11 Å². The van der Waals surface area contributed by atoms with E-state index in [1.807, 2.05) is 0 Å². The van der Waals surface area contributed by atoms with Gasteiger partial charge in [-0.2, -0.15) is 8.78 Å². The van der Waals surface area contributed by atoms with Gasteiger partial charge in [0.25, 0.3) is 0 Å². The molecule has 0 N–H and O–H groups in total. The first-order chi connectivity index (χ1) is 16.7. The van der Waals surface area contributed by atoms with E-state index in [0.717, 1.165) is 49.9 Å². The number of methoxy groups -OCH3 is 1. The molecule has 0 unspecified atom stereocenters. The highest BCUT2D eigenvalue weighted by molar-refractivity contribution is 5.65. The molecule has 0 radical (unpaired) electrons. The first kappa shape index (κ1) is 25.7. The zero-order valence-corrected chi connectivity index (χ0v) is 19.8. The summed E-state index contributed by atoms with van der Waals surface area (Å²) in [6, 6.07) is 6.24. The molecule has 0 saturated heterocycles. The zero-order chi connectivity index (χ0) is 25.0. The molecule has 0 atom stereocenters. The molecule has 0 aromatic heterocycles. The summed E-state index contributed by atoms with van der Waals surface area (Å²) in [5.74, 6) is -3.68. The number of ether oxygens (including phenoxy) is 2. The maximum absolute atomic E-state index is 14.9. The van der Waals surface area contributed by atoms with E-state index >= 15 is 0 Å². The number of alkyl halides is 2. The van der Waals surface area contributed by atoms with Gasteiger partial charge in [-0.25, -0.2) is 13.2 Å². The Morgan fingerprint density at radius 1 is 0.800 bits per heavy atom. The normalized spacial score (nSPS) is 25.7. The molecule has 2 aliphatic carbocycles. The second kappa shape index (κ2) is 11.1. The maximum Gasteiger partial charge on any atom is 0.400 e. The average Bonchev–Trinajstić information content (AvgIpc) is 2.83. The fourth-order valence-electron chi connectivity index (χ4n) is 5.25. The molecule has 0 bridgehead atoms. The molecule has 4 rings (SSSR count). The topological polar surface area (TPSA) is 18.5 Å². The third-order valence-corrected chi connectivity index (χ3v) is 7.34. The number of allylic oxidation sites excluding steroid dienone is 2. The van der Waals surface area contributed by atoms with Gasteiger partial charge in [0.1, 0.15) is 23.2 Å². The lowest BCUT2D eigenvalue weighted by molar-refractivity contribution is -0.223. The van der Waals surface area contributed by atoms with Crippen LogP contribution in [0.3, 0.4) is 0 Å². The second-order valence-electron chi connectivity index (χ2n) is 9.71. The van der Waals surface area contributed by atoms with Crippen LogP contribution in [0.1, 0.15) is 51.4 Å². The lowest BCUT2D eigenvalue weighted by atomic mass is 9.80. The van der Waals surface area contributed by atoms with Gasteiger partial charge in [0.15, 0.2) is 0 Å². The molecule has 0 heterocycles. The smallest absolute Gasteiger partial charge is 0.400 e. The monoisotopic (exact) mass is 494 g/mol. The van der Waals surface area contributed by atoms with E-state index in [0.29, 0.717) is 24.9 Å². The molecule has 35 heavy (non-hydrogen) atoms. The SMILES string of the molecule is COC1CCC(/C=C/C2CCC(C(F)(F)Oc3cc(F)c(-c4cccc(F)c4)c(F)c3)CC2)CC1. The van der Waals surface area contributed by atoms with Gasteiger partial charge < -0.3 is 9.47 Å². The van der Waals surface area contributed by atoms with Crippen LogP contribution in [0.2, 0.25) is 0 Å². The number of halogens is 5. The number of hydrogen-bond donors (Lipinski definition) is 0. The quantitative estimate of drug-likeness (QED) is 0.285. The van der Waals surface area contributed by atoms with Crippen LogP contribution >= 0.6 is 0 Å². The van der Waals surface area contributed by atoms with E-state index in [1.54, 1.807) is 7.11 Å². The van der Waals surface area contributed by atoms with Crippen molar-refractivity contribution < 1.29 is 31.4 Å². The molecule has 0 amide bonds. The Kier molecular flexibility index (Phi) is 8.15. The first-order valence-electron chi connectivity index (χ1n) is 12.3. The Morgan fingerprint density at radius 2 is 1.37 bits per heavy atom. The van der Waals surface area contributed by atoms with Crippen molar-refractivity contribution in [3.63, 3.8) is 0 Å². The first-order valence-corrected chi connectivity index (χ1v) is 12.3. The molecule has 2 fully saturated rings. The average molecular weight is 495 g/mol. The van der Waals surface area contributed by atoms with E-state index in [9.17, 15) is 22.0 Å². The molecule has 2 aliphatic rings. The van der Waals surface area contributed by atoms with E-state index < -0.39 is 40.8 Å². The third-order valence-electron chi connectivity index (χ3n) is 7.34. The van der Waals surface area contributed by atoms with Crippen LogP contribution in [0.15, 0.2) is 48.6 Å². The van der Waals surface area contributed by atoms with E-state index in [4.69, 9.17) is 9.47 Å². The van der Waals surface area contributed by atoms with Crippen molar-refractivity contribution in [2.24, 2.45) is 17.8 Å². The van der Waals surface area contributed by atoms with Gasteiger partial charge in [0.2, 0.25) is 0 Å². The Labute approximate surface area is 203 Å². The standard InChI is InChI=1S/C28H31F5O2/c1-34-23-13-9-19(10-14-23)6-5-18-7-11-21(12-8-18)28(32,33)35-24-16-25(30)27(26(31)17-24)20-3-2-4-22(29)15-20/h2-6,15-19,21,23H,7-14H2,1H3/b6-5+. The van der Waals surface area contributed by atoms with Crippen molar-refractivity contribution in [2.75, 3.05) is 7.11 Å². The Morgan fingerprint density at radius 3 is 1.91 bits per heavy atom. The highest BCUT2D eigenvalue weighted by atomic mass is 19.3. The second-order valence-corrected chi connectivity index (χ2v) is 9.71. The van der Waals surface area contributed by atoms with Crippen molar-refractivity contribution in [3.8, 4) is 16.9 Å². The maximum atomic E-state index is 14.9. The van der Waals surface area contributed by atoms with Crippen molar-refractivity contribution in [1.29, 1.82) is 0 Å². The molecular weight excluding hydrogens is 463 g/mol. The zero-order valence-electron chi connectivity index (χ0n) is 19.8. The van der Waals surface area contributed by atoms with Crippen LogP contribution < -0.4 is 4.74 Å². The summed E-state index contributed by atoms with van der Waals surface area (Å²) in [6.07, 6.45) is 7.24. The lowest BCUT2D eigenvalue weighted by Crippen LogP contribution is -2.37. The molecule has 2 aromatic carbocycles. The Balaban J connectivity index is 1.34.